The van der Waals surface area contributed by atoms with Gasteiger partial charge in [-0.05, 0) is 32.5 Å². The van der Waals surface area contributed by atoms with Gasteiger partial charge in [0.25, 0.3) is 0 Å². The highest BCUT2D eigenvalue weighted by Gasteiger charge is 2.36. The summed E-state index contributed by atoms with van der Waals surface area (Å²) < 4.78 is 40.9. The zero-order chi connectivity index (χ0) is 14.6. The molecule has 1 saturated heterocycles. The van der Waals surface area contributed by atoms with E-state index in [4.69, 9.17) is 5.73 Å². The fraction of sp³-hybridized carbons (Fsp3) is 0.818. The van der Waals surface area contributed by atoms with Crippen molar-refractivity contribution in [2.75, 3.05) is 44.2 Å². The second kappa shape index (κ2) is 6.68. The van der Waals surface area contributed by atoms with Crippen molar-refractivity contribution in [1.82, 2.24) is 14.3 Å². The van der Waals surface area contributed by atoms with Crippen LogP contribution in [0.3, 0.4) is 0 Å². The van der Waals surface area contributed by atoms with Gasteiger partial charge in [-0.2, -0.15) is 22.5 Å². The molecule has 0 amide bonds. The lowest BCUT2D eigenvalue weighted by Crippen LogP contribution is -2.32. The summed E-state index contributed by atoms with van der Waals surface area (Å²) in [4.78, 5) is 7.78. The number of alkyl halides is 3. The van der Waals surface area contributed by atoms with Gasteiger partial charge in [-0.3, -0.25) is 0 Å². The normalized spacial score (nSPS) is 18.3. The Morgan fingerprint density at radius 2 is 2.00 bits per heavy atom. The van der Waals surface area contributed by atoms with Gasteiger partial charge in [-0.25, -0.2) is 0 Å². The minimum atomic E-state index is -4.46. The van der Waals surface area contributed by atoms with Gasteiger partial charge in [-0.15, -0.1) is 0 Å². The van der Waals surface area contributed by atoms with E-state index in [9.17, 15) is 13.2 Å². The van der Waals surface area contributed by atoms with Gasteiger partial charge in [0.2, 0.25) is 11.0 Å². The third-order valence-electron chi connectivity index (χ3n) is 3.21. The highest BCUT2D eigenvalue weighted by molar-refractivity contribution is 7.09. The van der Waals surface area contributed by atoms with Crippen LogP contribution in [0.15, 0.2) is 0 Å². The Kier molecular flexibility index (Phi) is 5.17. The van der Waals surface area contributed by atoms with Crippen LogP contribution >= 0.6 is 11.5 Å². The van der Waals surface area contributed by atoms with Crippen molar-refractivity contribution in [2.24, 2.45) is 5.73 Å². The van der Waals surface area contributed by atoms with E-state index < -0.39 is 12.0 Å². The van der Waals surface area contributed by atoms with E-state index in [0.717, 1.165) is 44.0 Å². The Morgan fingerprint density at radius 1 is 1.20 bits per heavy atom. The summed E-state index contributed by atoms with van der Waals surface area (Å²) in [5, 5.41) is 0.359. The summed E-state index contributed by atoms with van der Waals surface area (Å²) >= 11 is 0.818. The highest BCUT2D eigenvalue weighted by Crippen LogP contribution is 2.30. The predicted octanol–water partition coefficient (Wildman–Crippen LogP) is 1.42. The highest BCUT2D eigenvalue weighted by atomic mass is 32.1. The van der Waals surface area contributed by atoms with Gasteiger partial charge in [0.15, 0.2) is 0 Å². The molecule has 2 rings (SSSR count). The Bertz CT molecular complexity index is 422. The molecule has 9 heteroatoms. The molecule has 1 aliphatic heterocycles. The van der Waals surface area contributed by atoms with E-state index in [-0.39, 0.29) is 0 Å². The van der Waals surface area contributed by atoms with Crippen LogP contribution in [-0.4, -0.2) is 53.5 Å². The van der Waals surface area contributed by atoms with Gasteiger partial charge < -0.3 is 15.5 Å². The van der Waals surface area contributed by atoms with Crippen molar-refractivity contribution in [3.63, 3.8) is 0 Å². The molecule has 20 heavy (non-hydrogen) atoms. The molecule has 1 aliphatic rings. The molecule has 5 nitrogen and oxygen atoms in total. The quantitative estimate of drug-likeness (QED) is 0.911. The number of hydrogen-bond acceptors (Lipinski definition) is 6. The molecule has 0 saturated carbocycles. The summed E-state index contributed by atoms with van der Waals surface area (Å²) in [5.74, 6) is -1.04. The van der Waals surface area contributed by atoms with Crippen molar-refractivity contribution in [3.05, 3.63) is 5.82 Å². The Balaban J connectivity index is 1.95. The van der Waals surface area contributed by atoms with Gasteiger partial charge >= 0.3 is 6.18 Å². The van der Waals surface area contributed by atoms with Crippen LogP contribution in [0.4, 0.5) is 18.3 Å². The van der Waals surface area contributed by atoms with Crippen molar-refractivity contribution in [2.45, 2.75) is 19.0 Å². The van der Waals surface area contributed by atoms with Crippen LogP contribution in [-0.2, 0) is 6.18 Å². The number of hydrogen-bond donors (Lipinski definition) is 1. The minimum absolute atomic E-state index is 0.359. The molecule has 0 bridgehead atoms. The van der Waals surface area contributed by atoms with E-state index in [2.05, 4.69) is 14.3 Å². The molecule has 1 aromatic heterocycles. The van der Waals surface area contributed by atoms with E-state index in [1.165, 1.54) is 0 Å². The molecular formula is C11H18F3N5S. The Morgan fingerprint density at radius 3 is 2.65 bits per heavy atom. The number of nitrogens with two attached hydrogens (primary N) is 1. The summed E-state index contributed by atoms with van der Waals surface area (Å²) in [5.41, 5.74) is 5.49. The fourth-order valence-electron chi connectivity index (χ4n) is 2.16. The molecule has 0 aromatic carbocycles. The zero-order valence-electron chi connectivity index (χ0n) is 11.1. The predicted molar refractivity (Wildman–Crippen MR) is 71.9 cm³/mol. The number of halogens is 3. The number of aromatic nitrogens is 2. The average molecular weight is 309 g/mol. The van der Waals surface area contributed by atoms with Gasteiger partial charge in [0.1, 0.15) is 0 Å². The SMILES string of the molecule is NCCCN1CCCN(c2nc(C(F)(F)F)ns2)CC1. The van der Waals surface area contributed by atoms with Crippen LogP contribution in [0, 0.1) is 0 Å². The second-order valence-corrected chi connectivity index (χ2v) is 5.45. The molecule has 114 valence electrons. The largest absolute Gasteiger partial charge is 0.452 e. The summed E-state index contributed by atoms with van der Waals surface area (Å²) in [7, 11) is 0. The van der Waals surface area contributed by atoms with Crippen LogP contribution in [0.25, 0.3) is 0 Å². The van der Waals surface area contributed by atoms with Crippen LogP contribution in [0.2, 0.25) is 0 Å². The fourth-order valence-corrected chi connectivity index (χ4v) is 2.90. The lowest BCUT2D eigenvalue weighted by atomic mass is 10.3. The van der Waals surface area contributed by atoms with Crippen molar-refractivity contribution < 1.29 is 13.2 Å². The zero-order valence-corrected chi connectivity index (χ0v) is 11.9. The van der Waals surface area contributed by atoms with E-state index >= 15 is 0 Å². The first kappa shape index (κ1) is 15.5. The second-order valence-electron chi connectivity index (χ2n) is 4.72. The third kappa shape index (κ3) is 4.03. The molecule has 0 atom stereocenters. The van der Waals surface area contributed by atoms with Crippen molar-refractivity contribution in [1.29, 1.82) is 0 Å². The molecular weight excluding hydrogens is 291 g/mol. The smallest absolute Gasteiger partial charge is 0.346 e. The van der Waals surface area contributed by atoms with Crippen LogP contribution in [0.5, 0.6) is 0 Å². The van der Waals surface area contributed by atoms with E-state index in [0.29, 0.717) is 24.8 Å². The lowest BCUT2D eigenvalue weighted by molar-refractivity contribution is -0.144. The third-order valence-corrected chi connectivity index (χ3v) is 3.98. The average Bonchev–Trinajstić information content (AvgIpc) is 2.77. The molecule has 0 aliphatic carbocycles. The topological polar surface area (TPSA) is 58.3 Å². The van der Waals surface area contributed by atoms with Crippen LogP contribution in [0.1, 0.15) is 18.7 Å². The summed E-state index contributed by atoms with van der Waals surface area (Å²) in [6.45, 7) is 4.75. The molecule has 2 N–H and O–H groups in total. The maximum atomic E-state index is 12.5. The molecule has 0 spiro atoms. The van der Waals surface area contributed by atoms with E-state index in [1.54, 1.807) is 0 Å². The Labute approximate surface area is 119 Å². The monoisotopic (exact) mass is 309 g/mol. The van der Waals surface area contributed by atoms with Gasteiger partial charge in [0.05, 0.1) is 0 Å². The van der Waals surface area contributed by atoms with Crippen molar-refractivity contribution in [3.8, 4) is 0 Å². The molecule has 0 radical (unpaired) electrons. The first-order chi connectivity index (χ1) is 9.50. The van der Waals surface area contributed by atoms with Gasteiger partial charge in [0, 0.05) is 31.2 Å². The molecule has 1 fully saturated rings. The number of anilines is 1. The number of nitrogens with zero attached hydrogens (tertiary/aromatic N) is 4. The standard InChI is InChI=1S/C11H18F3N5S/c12-11(13,14)9-16-10(20-17-9)19-6-2-5-18(7-8-19)4-1-3-15/h1-8,15H2. The lowest BCUT2D eigenvalue weighted by Gasteiger charge is -2.20. The van der Waals surface area contributed by atoms with Crippen LogP contribution < -0.4 is 10.6 Å². The summed E-state index contributed by atoms with van der Waals surface area (Å²) in [6.07, 6.45) is -2.61. The van der Waals surface area contributed by atoms with Crippen molar-refractivity contribution >= 4 is 16.7 Å². The van der Waals surface area contributed by atoms with E-state index in [1.807, 2.05) is 4.90 Å². The minimum Gasteiger partial charge on any atom is -0.346 e. The molecule has 1 aromatic rings. The summed E-state index contributed by atoms with van der Waals surface area (Å²) in [6, 6.07) is 0. The maximum absolute atomic E-state index is 12.5. The van der Waals surface area contributed by atoms with Gasteiger partial charge in [-0.1, -0.05) is 0 Å². The maximum Gasteiger partial charge on any atom is 0.452 e. The molecule has 0 unspecified atom stereocenters. The first-order valence-electron chi connectivity index (χ1n) is 6.59. The first-order valence-corrected chi connectivity index (χ1v) is 7.36. The molecule has 2 heterocycles. The Hall–Kier alpha value is -0.930. The number of rotatable bonds is 4.